The van der Waals surface area contributed by atoms with E-state index in [1.165, 1.54) is 0 Å². The second kappa shape index (κ2) is 8.67. The zero-order valence-corrected chi connectivity index (χ0v) is 17.9. The van der Waals surface area contributed by atoms with E-state index in [4.69, 9.17) is 23.2 Å². The summed E-state index contributed by atoms with van der Waals surface area (Å²) in [4.78, 5) is 27.5. The molecule has 28 heavy (non-hydrogen) atoms. The molecule has 1 heterocycles. The number of carbonyl (C=O) groups excluding carboxylic acids is 2. The summed E-state index contributed by atoms with van der Waals surface area (Å²) in [7, 11) is 0. The fraction of sp³-hybridized carbons (Fsp3) is 0.391. The number of hydrogen-bond donors (Lipinski definition) is 0. The summed E-state index contributed by atoms with van der Waals surface area (Å²) in [6, 6.07) is 14.7. The smallest absolute Gasteiger partial charge is 0.226 e. The van der Waals surface area contributed by atoms with E-state index in [2.05, 4.69) is 6.07 Å². The maximum Gasteiger partial charge on any atom is 0.226 e. The molecule has 3 nitrogen and oxygen atoms in total. The molecule has 1 aliphatic rings. The van der Waals surface area contributed by atoms with Gasteiger partial charge in [-0.25, -0.2) is 0 Å². The molecular weight excluding hydrogens is 393 g/mol. The average molecular weight is 418 g/mol. The standard InChI is InChI=1S/C23H25Cl2NO2/c1-4-21(15(3)27)26-22(16-8-10-18(24)11-9-16)20(12-14(2)23(26)28)17-6-5-7-19(25)13-17/h5-11,13-14,20-22H,4,12H2,1-3H3/t14?,20-,21+,22?/m1/s1. The molecule has 0 bridgehead atoms. The number of halogens is 2. The summed E-state index contributed by atoms with van der Waals surface area (Å²) in [5.74, 6) is -0.0871. The average Bonchev–Trinajstić information content (AvgIpc) is 2.66. The van der Waals surface area contributed by atoms with Crippen LogP contribution in [0.2, 0.25) is 10.0 Å². The van der Waals surface area contributed by atoms with Crippen molar-refractivity contribution in [2.75, 3.05) is 0 Å². The minimum absolute atomic E-state index is 0.00811. The van der Waals surface area contributed by atoms with E-state index >= 15 is 0 Å². The first-order valence-electron chi connectivity index (χ1n) is 9.67. The first-order valence-corrected chi connectivity index (χ1v) is 10.4. The summed E-state index contributed by atoms with van der Waals surface area (Å²) in [5, 5.41) is 1.31. The lowest BCUT2D eigenvalue weighted by Gasteiger charge is -2.47. The van der Waals surface area contributed by atoms with Crippen LogP contribution in [0.4, 0.5) is 0 Å². The van der Waals surface area contributed by atoms with Gasteiger partial charge in [0, 0.05) is 21.9 Å². The lowest BCUT2D eigenvalue weighted by atomic mass is 9.75. The molecule has 1 amide bonds. The Bertz CT molecular complexity index is 865. The predicted molar refractivity (Wildman–Crippen MR) is 114 cm³/mol. The first-order chi connectivity index (χ1) is 13.3. The Morgan fingerprint density at radius 2 is 1.79 bits per heavy atom. The summed E-state index contributed by atoms with van der Waals surface area (Å²) >= 11 is 12.4. The summed E-state index contributed by atoms with van der Waals surface area (Å²) in [6.07, 6.45) is 1.29. The maximum absolute atomic E-state index is 13.2. The Morgan fingerprint density at radius 1 is 1.11 bits per heavy atom. The van der Waals surface area contributed by atoms with Gasteiger partial charge in [0.05, 0.1) is 12.1 Å². The highest BCUT2D eigenvalue weighted by Gasteiger charge is 2.44. The van der Waals surface area contributed by atoms with Crippen LogP contribution in [0, 0.1) is 5.92 Å². The van der Waals surface area contributed by atoms with E-state index in [9.17, 15) is 9.59 Å². The summed E-state index contributed by atoms with van der Waals surface area (Å²) in [5.41, 5.74) is 2.06. The van der Waals surface area contributed by atoms with Gasteiger partial charge in [-0.15, -0.1) is 0 Å². The normalized spacial score (nSPS) is 23.5. The van der Waals surface area contributed by atoms with Crippen LogP contribution < -0.4 is 0 Å². The molecule has 0 saturated carbocycles. The van der Waals surface area contributed by atoms with Crippen molar-refractivity contribution in [1.29, 1.82) is 0 Å². The van der Waals surface area contributed by atoms with Crippen LogP contribution >= 0.6 is 23.2 Å². The van der Waals surface area contributed by atoms with E-state index in [1.54, 1.807) is 6.92 Å². The Morgan fingerprint density at radius 3 is 2.36 bits per heavy atom. The third-order valence-electron chi connectivity index (χ3n) is 5.64. The van der Waals surface area contributed by atoms with Gasteiger partial charge in [0.25, 0.3) is 0 Å². The van der Waals surface area contributed by atoms with Crippen molar-refractivity contribution in [3.63, 3.8) is 0 Å². The van der Waals surface area contributed by atoms with Crippen molar-refractivity contribution in [3.8, 4) is 0 Å². The van der Waals surface area contributed by atoms with Crippen LogP contribution in [0.25, 0.3) is 0 Å². The van der Waals surface area contributed by atoms with E-state index in [-0.39, 0.29) is 29.6 Å². The van der Waals surface area contributed by atoms with E-state index in [1.807, 2.05) is 61.2 Å². The number of hydrogen-bond acceptors (Lipinski definition) is 2. The fourth-order valence-corrected chi connectivity index (χ4v) is 4.66. The van der Waals surface area contributed by atoms with Crippen LogP contribution in [0.5, 0.6) is 0 Å². The fourth-order valence-electron chi connectivity index (χ4n) is 4.33. The molecule has 0 N–H and O–H groups in total. The number of benzene rings is 2. The molecular formula is C23H25Cl2NO2. The van der Waals surface area contributed by atoms with Crippen molar-refractivity contribution in [3.05, 3.63) is 69.7 Å². The largest absolute Gasteiger partial charge is 0.325 e. The molecule has 148 valence electrons. The highest BCUT2D eigenvalue weighted by molar-refractivity contribution is 6.30. The Labute approximate surface area is 176 Å². The molecule has 1 saturated heterocycles. The Hall–Kier alpha value is -1.84. The first kappa shape index (κ1) is 20.9. The Kier molecular flexibility index (Phi) is 6.47. The quantitative estimate of drug-likeness (QED) is 0.592. The van der Waals surface area contributed by atoms with Gasteiger partial charge >= 0.3 is 0 Å². The van der Waals surface area contributed by atoms with Gasteiger partial charge in [-0.2, -0.15) is 0 Å². The Balaban J connectivity index is 2.17. The highest BCUT2D eigenvalue weighted by Crippen LogP contribution is 2.46. The van der Waals surface area contributed by atoms with Gasteiger partial charge in [-0.05, 0) is 55.2 Å². The minimum Gasteiger partial charge on any atom is -0.325 e. The van der Waals surface area contributed by atoms with Crippen molar-refractivity contribution in [1.82, 2.24) is 4.90 Å². The number of ketones is 1. The summed E-state index contributed by atoms with van der Waals surface area (Å²) < 4.78 is 0. The molecule has 1 aliphatic heterocycles. The lowest BCUT2D eigenvalue weighted by Crippen LogP contribution is -2.53. The van der Waals surface area contributed by atoms with Gasteiger partial charge in [-0.1, -0.05) is 61.3 Å². The molecule has 0 aromatic heterocycles. The van der Waals surface area contributed by atoms with E-state index in [0.717, 1.165) is 11.1 Å². The molecule has 4 atom stereocenters. The van der Waals surface area contributed by atoms with Crippen molar-refractivity contribution >= 4 is 34.9 Å². The van der Waals surface area contributed by atoms with Crippen LogP contribution in [-0.4, -0.2) is 22.6 Å². The summed E-state index contributed by atoms with van der Waals surface area (Å²) in [6.45, 7) is 5.46. The van der Waals surface area contributed by atoms with Crippen LogP contribution in [-0.2, 0) is 9.59 Å². The van der Waals surface area contributed by atoms with Crippen molar-refractivity contribution in [2.24, 2.45) is 5.92 Å². The van der Waals surface area contributed by atoms with E-state index < -0.39 is 6.04 Å². The lowest BCUT2D eigenvalue weighted by molar-refractivity contribution is -0.150. The topological polar surface area (TPSA) is 37.4 Å². The van der Waals surface area contributed by atoms with Gasteiger partial charge in [0.2, 0.25) is 5.91 Å². The molecule has 0 radical (unpaired) electrons. The molecule has 0 aliphatic carbocycles. The third kappa shape index (κ3) is 4.11. The van der Waals surface area contributed by atoms with E-state index in [0.29, 0.717) is 22.9 Å². The van der Waals surface area contributed by atoms with Crippen LogP contribution in [0.15, 0.2) is 48.5 Å². The third-order valence-corrected chi connectivity index (χ3v) is 6.13. The number of likely N-dealkylation sites (tertiary alicyclic amines) is 1. The minimum atomic E-state index is -0.447. The van der Waals surface area contributed by atoms with Gasteiger partial charge in [-0.3, -0.25) is 9.59 Å². The maximum atomic E-state index is 13.2. The second-order valence-electron chi connectivity index (χ2n) is 7.57. The number of carbonyl (C=O) groups is 2. The van der Waals surface area contributed by atoms with Crippen LogP contribution in [0.1, 0.15) is 56.7 Å². The second-order valence-corrected chi connectivity index (χ2v) is 8.45. The zero-order valence-electron chi connectivity index (χ0n) is 16.4. The molecule has 2 aromatic rings. The van der Waals surface area contributed by atoms with Gasteiger partial charge in [0.1, 0.15) is 0 Å². The molecule has 3 rings (SSSR count). The number of amides is 1. The molecule has 1 fully saturated rings. The number of nitrogens with zero attached hydrogens (tertiary/aromatic N) is 1. The van der Waals surface area contributed by atoms with Crippen LogP contribution in [0.3, 0.4) is 0 Å². The monoisotopic (exact) mass is 417 g/mol. The predicted octanol–water partition coefficient (Wildman–Crippen LogP) is 6.05. The molecule has 0 spiro atoms. The van der Waals surface area contributed by atoms with Gasteiger partial charge < -0.3 is 4.90 Å². The van der Waals surface area contributed by atoms with Gasteiger partial charge in [0.15, 0.2) is 5.78 Å². The number of piperidine rings is 1. The highest BCUT2D eigenvalue weighted by atomic mass is 35.5. The SMILES string of the molecule is CC[C@@H](C(C)=O)N1C(=O)C(C)C[C@H](c2cccc(Cl)c2)C1c1ccc(Cl)cc1. The number of rotatable bonds is 5. The van der Waals surface area contributed by atoms with Crippen molar-refractivity contribution < 1.29 is 9.59 Å². The zero-order chi connectivity index (χ0) is 20.4. The molecule has 2 aromatic carbocycles. The van der Waals surface area contributed by atoms with Crippen molar-refractivity contribution in [2.45, 2.75) is 51.6 Å². The molecule has 5 heteroatoms. The number of Topliss-reactive ketones (excluding diaryl/α,β-unsaturated/α-hetero) is 1. The molecule has 2 unspecified atom stereocenters.